The molecule has 0 unspecified atom stereocenters. The predicted molar refractivity (Wildman–Crippen MR) is 190 cm³/mol. The van der Waals surface area contributed by atoms with E-state index in [1.165, 1.54) is 0 Å². The first kappa shape index (κ1) is 35.9. The van der Waals surface area contributed by atoms with E-state index in [4.69, 9.17) is 14.2 Å². The van der Waals surface area contributed by atoms with Crippen molar-refractivity contribution in [1.29, 1.82) is 0 Å². The highest BCUT2D eigenvalue weighted by Gasteiger charge is 2.32. The van der Waals surface area contributed by atoms with Crippen LogP contribution in [0.25, 0.3) is 0 Å². The van der Waals surface area contributed by atoms with Gasteiger partial charge in [0.15, 0.2) is 5.78 Å². The molecule has 1 aliphatic rings. The van der Waals surface area contributed by atoms with Gasteiger partial charge in [0.25, 0.3) is 0 Å². The van der Waals surface area contributed by atoms with E-state index >= 15 is 0 Å². The summed E-state index contributed by atoms with van der Waals surface area (Å²) in [5.41, 5.74) is 2.55. The molecule has 5 rings (SSSR count). The lowest BCUT2D eigenvalue weighted by Gasteiger charge is -2.26. The SMILES string of the molecule is CC(C)(C)OC(=O)N[C@H]1Cc2cccc(c2)Oc2cccc(c2)C[C@@H](C(=O)OCc2ccccc2)NC(=O)[C@H](CCc2ccccc2)CC1=O. The van der Waals surface area contributed by atoms with E-state index in [0.717, 1.165) is 22.3 Å². The molecule has 1 aliphatic heterocycles. The Kier molecular flexibility index (Phi) is 12.0. The number of hydrogen-bond donors (Lipinski definition) is 2. The fourth-order valence-corrected chi connectivity index (χ4v) is 5.78. The molecule has 0 aliphatic carbocycles. The minimum atomic E-state index is -1.04. The molecule has 4 aromatic carbocycles. The number of Topliss-reactive ketones (excluding diaryl/α,β-unsaturated/α-hetero) is 1. The van der Waals surface area contributed by atoms with Crippen LogP contribution in [-0.2, 0) is 49.7 Å². The molecule has 1 heterocycles. The van der Waals surface area contributed by atoms with Crippen molar-refractivity contribution in [3.63, 3.8) is 0 Å². The van der Waals surface area contributed by atoms with Gasteiger partial charge >= 0.3 is 12.1 Å². The van der Waals surface area contributed by atoms with Gasteiger partial charge in [-0.3, -0.25) is 9.59 Å². The number of benzene rings is 4. The Morgan fingerprint density at radius 1 is 0.780 bits per heavy atom. The van der Waals surface area contributed by atoms with Crippen LogP contribution >= 0.6 is 0 Å². The smallest absolute Gasteiger partial charge is 0.408 e. The summed E-state index contributed by atoms with van der Waals surface area (Å²) in [5, 5.41) is 5.68. The molecule has 0 saturated heterocycles. The maximum atomic E-state index is 14.1. The number of ketones is 1. The number of amides is 2. The normalized spacial score (nSPS) is 18.3. The zero-order valence-corrected chi connectivity index (χ0v) is 28.7. The van der Waals surface area contributed by atoms with Gasteiger partial charge in [0.1, 0.15) is 29.7 Å². The Bertz CT molecular complexity index is 1770. The quantitative estimate of drug-likeness (QED) is 0.204. The van der Waals surface area contributed by atoms with Crippen LogP contribution < -0.4 is 15.4 Å². The van der Waals surface area contributed by atoms with Gasteiger partial charge in [-0.05, 0) is 80.1 Å². The highest BCUT2D eigenvalue weighted by atomic mass is 16.6. The van der Waals surface area contributed by atoms with Crippen LogP contribution in [0.2, 0.25) is 0 Å². The number of fused-ring (bicyclic) bond motifs is 4. The van der Waals surface area contributed by atoms with Gasteiger partial charge in [0.2, 0.25) is 5.91 Å². The number of rotatable bonds is 7. The summed E-state index contributed by atoms with van der Waals surface area (Å²) in [4.78, 5) is 54.8. The monoisotopic (exact) mass is 676 g/mol. The van der Waals surface area contributed by atoms with E-state index in [2.05, 4.69) is 10.6 Å². The van der Waals surface area contributed by atoms with E-state index in [1.54, 1.807) is 32.9 Å². The molecule has 0 fully saturated rings. The van der Waals surface area contributed by atoms with Gasteiger partial charge in [-0.25, -0.2) is 9.59 Å². The minimum absolute atomic E-state index is 0.0411. The van der Waals surface area contributed by atoms with Gasteiger partial charge in [-0.2, -0.15) is 0 Å². The Morgan fingerprint density at radius 3 is 2.00 bits per heavy atom. The molecule has 0 radical (unpaired) electrons. The summed E-state index contributed by atoms with van der Waals surface area (Å²) in [7, 11) is 0. The molecular weight excluding hydrogens is 632 g/mol. The van der Waals surface area contributed by atoms with Crippen molar-refractivity contribution >= 4 is 23.8 Å². The van der Waals surface area contributed by atoms with Crippen LogP contribution in [0.1, 0.15) is 55.9 Å². The molecule has 2 amide bonds. The van der Waals surface area contributed by atoms with Gasteiger partial charge < -0.3 is 24.8 Å². The third-order valence-corrected chi connectivity index (χ3v) is 8.26. The van der Waals surface area contributed by atoms with Crippen molar-refractivity contribution in [2.75, 3.05) is 0 Å². The van der Waals surface area contributed by atoms with Crippen molar-refractivity contribution in [3.05, 3.63) is 131 Å². The number of ether oxygens (including phenoxy) is 3. The standard InChI is InChI=1S/C41H44N2O7/c1-41(2,3)50-40(47)43-35-24-30-16-10-18-33(22-30)49-34-19-11-17-31(23-34)25-36(39(46)48-27-29-14-8-5-9-15-29)42-38(45)32(26-37(35)44)21-20-28-12-6-4-7-13-28/h4-19,22-23,32,35-36H,20-21,24-27H2,1-3H3,(H,42,45)(H,43,47)/t32-,35+,36+/m1/s1. The predicted octanol–water partition coefficient (Wildman–Crippen LogP) is 6.91. The summed E-state index contributed by atoms with van der Waals surface area (Å²) < 4.78 is 17.4. The number of hydrogen-bond acceptors (Lipinski definition) is 7. The van der Waals surface area contributed by atoms with Crippen LogP contribution in [0.4, 0.5) is 4.79 Å². The number of nitrogens with one attached hydrogen (secondary N) is 2. The first-order valence-electron chi connectivity index (χ1n) is 16.9. The summed E-state index contributed by atoms with van der Waals surface area (Å²) in [6, 6.07) is 31.6. The van der Waals surface area contributed by atoms with Gasteiger partial charge in [-0.1, -0.05) is 84.9 Å². The lowest BCUT2D eigenvalue weighted by atomic mass is 9.89. The molecule has 260 valence electrons. The largest absolute Gasteiger partial charge is 0.459 e. The zero-order chi connectivity index (χ0) is 35.5. The fourth-order valence-electron chi connectivity index (χ4n) is 5.78. The summed E-state index contributed by atoms with van der Waals surface area (Å²) >= 11 is 0. The number of carbonyl (C=O) groups excluding carboxylic acids is 4. The van der Waals surface area contributed by atoms with Crippen molar-refractivity contribution in [3.8, 4) is 11.5 Å². The van der Waals surface area contributed by atoms with E-state index in [9.17, 15) is 19.2 Å². The van der Waals surface area contributed by atoms with Crippen LogP contribution in [0.5, 0.6) is 11.5 Å². The maximum Gasteiger partial charge on any atom is 0.408 e. The topological polar surface area (TPSA) is 120 Å². The molecule has 0 aromatic heterocycles. The molecule has 9 heteroatoms. The minimum Gasteiger partial charge on any atom is -0.459 e. The number of aryl methyl sites for hydroxylation is 1. The van der Waals surface area contributed by atoms with Crippen molar-refractivity contribution in [1.82, 2.24) is 10.6 Å². The van der Waals surface area contributed by atoms with E-state index in [-0.39, 0.29) is 31.7 Å². The molecule has 0 spiro atoms. The Balaban J connectivity index is 1.49. The Hall–Kier alpha value is -5.44. The third kappa shape index (κ3) is 11.1. The second-order valence-electron chi connectivity index (χ2n) is 13.6. The van der Waals surface area contributed by atoms with Crippen molar-refractivity contribution in [2.45, 2.75) is 77.2 Å². The van der Waals surface area contributed by atoms with E-state index in [1.807, 2.05) is 97.1 Å². The summed E-state index contributed by atoms with van der Waals surface area (Å²) in [5.74, 6) is -1.11. The molecule has 9 nitrogen and oxygen atoms in total. The first-order valence-corrected chi connectivity index (χ1v) is 16.9. The second-order valence-corrected chi connectivity index (χ2v) is 13.6. The van der Waals surface area contributed by atoms with Gasteiger partial charge in [0, 0.05) is 25.2 Å². The van der Waals surface area contributed by atoms with E-state index in [0.29, 0.717) is 24.3 Å². The maximum absolute atomic E-state index is 14.1. The van der Waals surface area contributed by atoms with Crippen molar-refractivity contribution < 1.29 is 33.4 Å². The average Bonchev–Trinajstić information content (AvgIpc) is 3.08. The number of alkyl carbamates (subject to hydrolysis) is 1. The molecule has 50 heavy (non-hydrogen) atoms. The molecule has 4 bridgehead atoms. The first-order chi connectivity index (χ1) is 24.0. The molecule has 0 saturated carbocycles. The van der Waals surface area contributed by atoms with Crippen LogP contribution in [-0.4, -0.2) is 41.4 Å². The van der Waals surface area contributed by atoms with Gasteiger partial charge in [0.05, 0.1) is 6.04 Å². The second kappa shape index (κ2) is 16.8. The highest BCUT2D eigenvalue weighted by Crippen LogP contribution is 2.26. The van der Waals surface area contributed by atoms with Gasteiger partial charge in [-0.15, -0.1) is 0 Å². The van der Waals surface area contributed by atoms with Crippen LogP contribution in [0.3, 0.4) is 0 Å². The lowest BCUT2D eigenvalue weighted by Crippen LogP contribution is -2.48. The zero-order valence-electron chi connectivity index (χ0n) is 28.7. The fraction of sp³-hybridized carbons (Fsp3) is 0.317. The van der Waals surface area contributed by atoms with E-state index < -0.39 is 41.6 Å². The molecule has 2 N–H and O–H groups in total. The third-order valence-electron chi connectivity index (χ3n) is 8.26. The van der Waals surface area contributed by atoms with Crippen molar-refractivity contribution in [2.24, 2.45) is 5.92 Å². The summed E-state index contributed by atoms with van der Waals surface area (Å²) in [6.07, 6.45) is 0.249. The Morgan fingerprint density at radius 2 is 1.38 bits per heavy atom. The average molecular weight is 677 g/mol. The number of esters is 1. The lowest BCUT2D eigenvalue weighted by molar-refractivity contribution is -0.149. The Labute approximate surface area is 293 Å². The molecule has 3 atom stereocenters. The number of carbonyl (C=O) groups is 4. The van der Waals surface area contributed by atoms with Crippen LogP contribution in [0.15, 0.2) is 109 Å². The highest BCUT2D eigenvalue weighted by molar-refractivity contribution is 5.93. The molecule has 4 aromatic rings. The summed E-state index contributed by atoms with van der Waals surface area (Å²) in [6.45, 7) is 5.27. The molecular formula is C41H44N2O7. The van der Waals surface area contributed by atoms with Crippen LogP contribution in [0, 0.1) is 5.92 Å².